The maximum absolute atomic E-state index is 12.2. The van der Waals surface area contributed by atoms with Gasteiger partial charge in [-0.25, -0.2) is 0 Å². The smallest absolute Gasteiger partial charge is 0.310 e. The molecule has 0 saturated heterocycles. The highest BCUT2D eigenvalue weighted by molar-refractivity contribution is 9.11. The zero-order chi connectivity index (χ0) is 13.2. The Morgan fingerprint density at radius 1 is 1.29 bits per heavy atom. The monoisotopic (exact) mass is 411 g/mol. The Bertz CT molecular complexity index is 432. The molecule has 1 amide bonds. The molecule has 0 spiro atoms. The lowest BCUT2D eigenvalue weighted by molar-refractivity contribution is -0.0328. The lowest BCUT2D eigenvalue weighted by Crippen LogP contribution is -2.03. The summed E-state index contributed by atoms with van der Waals surface area (Å²) in [5.74, 6) is 0. The van der Waals surface area contributed by atoms with Crippen molar-refractivity contribution in [2.24, 2.45) is 0 Å². The van der Waals surface area contributed by atoms with Gasteiger partial charge in [-0.3, -0.25) is 4.79 Å². The number of nitrogens with one attached hydrogen (secondary N) is 1. The first kappa shape index (κ1) is 15.1. The first-order chi connectivity index (χ1) is 7.69. The Morgan fingerprint density at radius 2 is 1.76 bits per heavy atom. The fourth-order valence-corrected chi connectivity index (χ4v) is 3.36. The van der Waals surface area contributed by atoms with Crippen molar-refractivity contribution >= 4 is 66.3 Å². The number of benzene rings is 1. The van der Waals surface area contributed by atoms with Gasteiger partial charge in [-0.05, 0) is 67.4 Å². The molecule has 0 aromatic heterocycles. The maximum atomic E-state index is 12.2. The van der Waals surface area contributed by atoms with Gasteiger partial charge in [-0.1, -0.05) is 0 Å². The quantitative estimate of drug-likeness (QED) is 0.389. The summed E-state index contributed by atoms with van der Waals surface area (Å²) in [5, 5.41) is 1.44. The van der Waals surface area contributed by atoms with Gasteiger partial charge in [0.05, 0.1) is 5.69 Å². The molecule has 17 heavy (non-hydrogen) atoms. The van der Waals surface area contributed by atoms with Gasteiger partial charge in [-0.2, -0.15) is 13.2 Å². The van der Waals surface area contributed by atoms with Crippen LogP contribution in [0.4, 0.5) is 23.7 Å². The van der Waals surface area contributed by atoms with Crippen molar-refractivity contribution in [2.45, 2.75) is 10.4 Å². The van der Waals surface area contributed by atoms with E-state index in [9.17, 15) is 18.0 Å². The number of carbonyl (C=O) groups is 1. The van der Waals surface area contributed by atoms with Gasteiger partial charge < -0.3 is 5.32 Å². The van der Waals surface area contributed by atoms with Gasteiger partial charge in [0.1, 0.15) is 0 Å². The van der Waals surface area contributed by atoms with E-state index in [1.807, 2.05) is 0 Å². The second-order valence-electron chi connectivity index (χ2n) is 2.71. The lowest BCUT2D eigenvalue weighted by Gasteiger charge is -2.11. The fourth-order valence-electron chi connectivity index (χ4n) is 0.960. The van der Waals surface area contributed by atoms with Gasteiger partial charge in [0.15, 0.2) is 0 Å². The molecule has 0 aliphatic heterocycles. The number of anilines is 1. The van der Waals surface area contributed by atoms with Crippen molar-refractivity contribution in [3.05, 3.63) is 21.1 Å². The van der Waals surface area contributed by atoms with E-state index in [2.05, 4.69) is 37.2 Å². The molecular weight excluding hydrogens is 410 g/mol. The van der Waals surface area contributed by atoms with Gasteiger partial charge in [0, 0.05) is 13.8 Å². The number of hydrogen-bond acceptors (Lipinski definition) is 2. The van der Waals surface area contributed by atoms with E-state index in [0.29, 0.717) is 8.95 Å². The average Bonchev–Trinajstić information content (AvgIpc) is 2.08. The molecule has 2 nitrogen and oxygen atoms in total. The predicted octanol–water partition coefficient (Wildman–Crippen LogP) is 5.59. The highest BCUT2D eigenvalue weighted by Gasteiger charge is 2.29. The van der Waals surface area contributed by atoms with Crippen LogP contribution in [0.2, 0.25) is 0 Å². The van der Waals surface area contributed by atoms with Crippen molar-refractivity contribution < 1.29 is 18.0 Å². The minimum absolute atomic E-state index is 0.0104. The molecule has 1 N–H and O–H groups in total. The average molecular weight is 413 g/mol. The molecule has 0 unspecified atom stereocenters. The molecule has 0 aliphatic carbocycles. The molecule has 0 saturated carbocycles. The van der Waals surface area contributed by atoms with E-state index in [-0.39, 0.29) is 22.3 Å². The molecule has 1 rings (SSSR count). The summed E-state index contributed by atoms with van der Waals surface area (Å²) in [6, 6.07) is 2.48. The fraction of sp³-hybridized carbons (Fsp3) is 0.125. The number of thioether (sulfide) groups is 1. The Balaban J connectivity index is 3.05. The number of alkyl halides is 3. The summed E-state index contributed by atoms with van der Waals surface area (Å²) < 4.78 is 37.1. The number of hydrogen-bond donors (Lipinski definition) is 1. The predicted molar refractivity (Wildman–Crippen MR) is 68.6 cm³/mol. The Hall–Kier alpha value is 0.0800. The Morgan fingerprint density at radius 3 is 2.12 bits per heavy atom. The zero-order valence-corrected chi connectivity index (χ0v) is 12.5. The molecule has 0 bridgehead atoms. The van der Waals surface area contributed by atoms with Crippen LogP contribution in [0.1, 0.15) is 0 Å². The minimum atomic E-state index is -4.36. The summed E-state index contributed by atoms with van der Waals surface area (Å²) in [7, 11) is 0. The van der Waals surface area contributed by atoms with E-state index >= 15 is 0 Å². The summed E-state index contributed by atoms with van der Waals surface area (Å²) in [5.41, 5.74) is -4.09. The van der Waals surface area contributed by atoms with Crippen LogP contribution in [-0.2, 0) is 0 Å². The van der Waals surface area contributed by atoms with E-state index in [1.54, 1.807) is 0 Å². The zero-order valence-electron chi connectivity index (χ0n) is 7.74. The van der Waals surface area contributed by atoms with Crippen molar-refractivity contribution in [2.75, 3.05) is 5.32 Å². The first-order valence-electron chi connectivity index (χ1n) is 3.90. The SMILES string of the molecule is O=C(Cl)Nc1c(Br)cc(SC(F)(F)F)cc1Br. The maximum Gasteiger partial charge on any atom is 0.446 e. The highest BCUT2D eigenvalue weighted by Crippen LogP contribution is 2.42. The van der Waals surface area contributed by atoms with E-state index in [1.165, 1.54) is 12.1 Å². The van der Waals surface area contributed by atoms with E-state index in [0.717, 1.165) is 0 Å². The minimum Gasteiger partial charge on any atom is -0.310 e. The largest absolute Gasteiger partial charge is 0.446 e. The summed E-state index contributed by atoms with van der Waals surface area (Å²) in [6.07, 6.45) is 0. The standard InChI is InChI=1S/C8H3Br2ClF3NOS/c9-4-1-3(17-8(12,13)14)2-5(10)6(4)15-7(11)16/h1-2H,(H,15,16). The number of halogens is 6. The first-order valence-corrected chi connectivity index (χ1v) is 6.68. The van der Waals surface area contributed by atoms with Crippen LogP contribution in [0.25, 0.3) is 0 Å². The van der Waals surface area contributed by atoms with Crippen molar-refractivity contribution in [3.63, 3.8) is 0 Å². The van der Waals surface area contributed by atoms with E-state index < -0.39 is 10.9 Å². The Kier molecular flexibility index (Phi) is 5.18. The lowest BCUT2D eigenvalue weighted by atomic mass is 10.3. The number of rotatable bonds is 2. The second-order valence-corrected chi connectivity index (χ2v) is 5.90. The third kappa shape index (κ3) is 5.07. The molecule has 0 fully saturated rings. The van der Waals surface area contributed by atoms with Crippen LogP contribution in [-0.4, -0.2) is 10.9 Å². The van der Waals surface area contributed by atoms with Crippen molar-refractivity contribution in [1.82, 2.24) is 0 Å². The molecule has 0 radical (unpaired) electrons. The third-order valence-corrected chi connectivity index (χ3v) is 3.52. The molecular formula is C8H3Br2ClF3NOS. The normalized spacial score (nSPS) is 11.4. The second kappa shape index (κ2) is 5.81. The van der Waals surface area contributed by atoms with Crippen LogP contribution in [0.15, 0.2) is 26.0 Å². The van der Waals surface area contributed by atoms with Crippen molar-refractivity contribution in [1.29, 1.82) is 0 Å². The van der Waals surface area contributed by atoms with Gasteiger partial charge >= 0.3 is 10.9 Å². The van der Waals surface area contributed by atoms with Crippen LogP contribution in [0.3, 0.4) is 0 Å². The van der Waals surface area contributed by atoms with Crippen LogP contribution >= 0.6 is 55.2 Å². The molecule has 0 atom stereocenters. The molecule has 1 aromatic carbocycles. The third-order valence-electron chi connectivity index (χ3n) is 1.47. The van der Waals surface area contributed by atoms with Crippen LogP contribution < -0.4 is 5.32 Å². The summed E-state index contributed by atoms with van der Waals surface area (Å²) >= 11 is 11.0. The van der Waals surface area contributed by atoms with Crippen molar-refractivity contribution in [3.8, 4) is 0 Å². The summed E-state index contributed by atoms with van der Waals surface area (Å²) in [6.45, 7) is 0. The van der Waals surface area contributed by atoms with Gasteiger partial charge in [-0.15, -0.1) is 0 Å². The van der Waals surface area contributed by atoms with Crippen LogP contribution in [0.5, 0.6) is 0 Å². The molecule has 0 heterocycles. The topological polar surface area (TPSA) is 29.1 Å². The summed E-state index contributed by atoms with van der Waals surface area (Å²) in [4.78, 5) is 10.6. The van der Waals surface area contributed by atoms with E-state index in [4.69, 9.17) is 11.6 Å². The van der Waals surface area contributed by atoms with Crippen LogP contribution in [0, 0.1) is 0 Å². The van der Waals surface area contributed by atoms with Gasteiger partial charge in [0.25, 0.3) is 0 Å². The number of amides is 1. The Labute approximate surface area is 121 Å². The number of carbonyl (C=O) groups excluding carboxylic acids is 1. The molecule has 0 aliphatic rings. The molecule has 9 heteroatoms. The highest BCUT2D eigenvalue weighted by atomic mass is 79.9. The molecule has 1 aromatic rings. The molecule has 94 valence electrons. The van der Waals surface area contributed by atoms with Gasteiger partial charge in [0.2, 0.25) is 0 Å².